The first-order chi connectivity index (χ1) is 32.2. The molecular weight excluding hydrogens is 873 g/mol. The van der Waals surface area contributed by atoms with Gasteiger partial charge >= 0.3 is 24.2 Å². The zero-order valence-electron chi connectivity index (χ0n) is 36.7. The number of aryl methyl sites for hydroxylation is 1. The van der Waals surface area contributed by atoms with E-state index in [0.717, 1.165) is 11.6 Å². The molecule has 5 amide bonds. The Kier molecular flexibility index (Phi) is 16.6. The highest BCUT2D eigenvalue weighted by Crippen LogP contribution is 2.27. The van der Waals surface area contributed by atoms with E-state index in [1.54, 1.807) is 71.0 Å². The van der Waals surface area contributed by atoms with Crippen LogP contribution in [0.25, 0.3) is 10.9 Å². The summed E-state index contributed by atoms with van der Waals surface area (Å²) in [6, 6.07) is 21.7. The number of nitrogens with one attached hydrogen (secondary N) is 3. The van der Waals surface area contributed by atoms with Gasteiger partial charge < -0.3 is 50.6 Å². The molecule has 4 aromatic carbocycles. The van der Waals surface area contributed by atoms with Crippen LogP contribution in [0, 0.1) is 17.6 Å². The first-order valence-corrected chi connectivity index (χ1v) is 21.6. The second-order valence-corrected chi connectivity index (χ2v) is 15.9. The third-order valence-corrected chi connectivity index (χ3v) is 11.3. The third-order valence-electron chi connectivity index (χ3n) is 11.3. The van der Waals surface area contributed by atoms with E-state index in [2.05, 4.69) is 16.0 Å². The zero-order valence-corrected chi connectivity index (χ0v) is 36.7. The molecule has 1 aliphatic rings. The summed E-state index contributed by atoms with van der Waals surface area (Å²) in [4.78, 5) is 92.6. The van der Waals surface area contributed by atoms with Crippen LogP contribution in [0.2, 0.25) is 0 Å². The smallest absolute Gasteiger partial charge is 0.410 e. The molecule has 1 fully saturated rings. The van der Waals surface area contributed by atoms with Crippen molar-refractivity contribution in [1.29, 1.82) is 0 Å². The molecular formula is C48H51F2N7O10. The average molecular weight is 924 g/mol. The number of nitrogens with zero attached hydrogens (tertiary/aromatic N) is 3. The minimum atomic E-state index is -1.40. The number of urea groups is 1. The Morgan fingerprint density at radius 1 is 0.836 bits per heavy atom. The molecule has 352 valence electrons. The second kappa shape index (κ2) is 22.9. The van der Waals surface area contributed by atoms with Gasteiger partial charge in [-0.15, -0.1) is 0 Å². The number of carbonyl (C=O) groups excluding carboxylic acids is 5. The van der Waals surface area contributed by atoms with Crippen LogP contribution in [0.15, 0.2) is 102 Å². The lowest BCUT2D eigenvalue weighted by Gasteiger charge is -2.35. The van der Waals surface area contributed by atoms with E-state index in [9.17, 15) is 43.1 Å². The van der Waals surface area contributed by atoms with E-state index in [4.69, 9.17) is 15.2 Å². The molecule has 0 spiro atoms. The predicted molar refractivity (Wildman–Crippen MR) is 243 cm³/mol. The predicted octanol–water partition coefficient (Wildman–Crippen LogP) is 5.96. The monoisotopic (exact) mass is 923 g/mol. The van der Waals surface area contributed by atoms with Gasteiger partial charge in [0.25, 0.3) is 0 Å². The molecule has 1 aromatic heterocycles. The van der Waals surface area contributed by atoms with Gasteiger partial charge in [0.05, 0.1) is 17.2 Å². The number of halogens is 2. The number of carboxylic acid groups (broad SMARTS) is 1. The number of alkyl carbamates (subject to hydrolysis) is 1. The number of ether oxygens (including phenoxy) is 2. The SMILES string of the molecule is CCn1cc(C(=O)O)c(=O)c2cc(F)c(N3CCN(C(=O)OCc4ccc(NC(=O)[C@H](CCCNC(N)=O)CC(=O)[C@H](Cc5cccc(F)c5)NC(=O)OCc5ccccc5)cc4)CC3)cc21. The van der Waals surface area contributed by atoms with Crippen molar-refractivity contribution < 1.29 is 52.1 Å². The fraction of sp³-hybridized carbons (Fsp3) is 0.312. The number of piperazine rings is 1. The standard InChI is InChI=1S/C48H51F2N7O10/c1-2-55-27-37(45(61)62)43(59)36-25-38(50)41(26-40(36)55)56-18-20-57(21-19-56)48(65)67-29-31-13-15-35(16-14-31)53-44(60)33(11-7-17-52-46(51)63)24-42(58)39(23-32-10-6-12-34(49)22-32)54-47(64)66-28-30-8-4-3-5-9-30/h3-6,8-10,12-16,22,25-27,33,39H,2,7,11,17-21,23-24,28-29H2,1H3,(H,53,60)(H,54,64)(H,61,62)(H3,51,52,63)/t33-,39+/m1/s1. The van der Waals surface area contributed by atoms with Crippen LogP contribution in [0.4, 0.5) is 34.5 Å². The van der Waals surface area contributed by atoms with Crippen molar-refractivity contribution in [3.63, 3.8) is 0 Å². The van der Waals surface area contributed by atoms with Crippen LogP contribution in [-0.2, 0) is 45.2 Å². The molecule has 2 heterocycles. The number of anilines is 2. The number of aromatic nitrogens is 1. The number of carbonyl (C=O) groups is 6. The van der Waals surface area contributed by atoms with Crippen molar-refractivity contribution in [2.75, 3.05) is 42.9 Å². The van der Waals surface area contributed by atoms with Crippen molar-refractivity contribution in [3.8, 4) is 0 Å². The Morgan fingerprint density at radius 2 is 1.52 bits per heavy atom. The molecule has 0 aliphatic carbocycles. The van der Waals surface area contributed by atoms with Crippen molar-refractivity contribution >= 4 is 58.2 Å². The quantitative estimate of drug-likeness (QED) is 0.0607. The van der Waals surface area contributed by atoms with Gasteiger partial charge in [-0.05, 0) is 79.3 Å². The fourth-order valence-electron chi connectivity index (χ4n) is 7.67. The number of carboxylic acids is 1. The first-order valence-electron chi connectivity index (χ1n) is 21.6. The highest BCUT2D eigenvalue weighted by Gasteiger charge is 2.29. The van der Waals surface area contributed by atoms with E-state index >= 15 is 4.39 Å². The molecule has 0 bridgehead atoms. The van der Waals surface area contributed by atoms with Gasteiger partial charge in [-0.1, -0.05) is 54.6 Å². The summed E-state index contributed by atoms with van der Waals surface area (Å²) >= 11 is 0. The van der Waals surface area contributed by atoms with Gasteiger partial charge in [-0.25, -0.2) is 28.0 Å². The summed E-state index contributed by atoms with van der Waals surface area (Å²) in [5, 5.41) is 17.3. The van der Waals surface area contributed by atoms with Crippen LogP contribution in [0.3, 0.4) is 0 Å². The average Bonchev–Trinajstić information content (AvgIpc) is 3.31. The number of aromatic carboxylic acids is 1. The molecule has 67 heavy (non-hydrogen) atoms. The van der Waals surface area contributed by atoms with Crippen LogP contribution < -0.4 is 32.0 Å². The van der Waals surface area contributed by atoms with Crippen LogP contribution >= 0.6 is 0 Å². The lowest BCUT2D eigenvalue weighted by molar-refractivity contribution is -0.127. The number of pyridine rings is 1. The maximum absolute atomic E-state index is 15.4. The highest BCUT2D eigenvalue weighted by molar-refractivity contribution is 5.97. The Bertz CT molecular complexity index is 2660. The van der Waals surface area contributed by atoms with E-state index in [-0.39, 0.29) is 82.7 Å². The Morgan fingerprint density at radius 3 is 2.19 bits per heavy atom. The maximum Gasteiger partial charge on any atom is 0.410 e. The lowest BCUT2D eigenvalue weighted by Crippen LogP contribution is -2.49. The highest BCUT2D eigenvalue weighted by atomic mass is 19.1. The maximum atomic E-state index is 15.4. The van der Waals surface area contributed by atoms with Gasteiger partial charge in [-0.2, -0.15) is 0 Å². The Hall–Kier alpha value is -7.83. The molecule has 0 saturated carbocycles. The Labute approximate surface area is 383 Å². The number of primary amides is 1. The number of hydrogen-bond donors (Lipinski definition) is 5. The summed E-state index contributed by atoms with van der Waals surface area (Å²) in [5.41, 5.74) is 6.73. The minimum Gasteiger partial charge on any atom is -0.477 e. The number of fused-ring (bicyclic) bond motifs is 1. The number of benzene rings is 4. The van der Waals surface area contributed by atoms with Crippen LogP contribution in [0.1, 0.15) is 53.2 Å². The minimum absolute atomic E-state index is 0.0403. The van der Waals surface area contributed by atoms with Gasteiger partial charge in [0.2, 0.25) is 11.3 Å². The molecule has 0 unspecified atom stereocenters. The number of rotatable bonds is 19. The number of nitrogens with two attached hydrogens (primary N) is 1. The molecule has 1 saturated heterocycles. The summed E-state index contributed by atoms with van der Waals surface area (Å²) in [6.07, 6.45) is -0.185. The first kappa shape index (κ1) is 48.6. The molecule has 6 rings (SSSR count). The summed E-state index contributed by atoms with van der Waals surface area (Å²) in [6.45, 7) is 3.04. The lowest BCUT2D eigenvalue weighted by atomic mass is 9.91. The molecule has 17 nitrogen and oxygen atoms in total. The van der Waals surface area contributed by atoms with Gasteiger partial charge in [-0.3, -0.25) is 14.4 Å². The summed E-state index contributed by atoms with van der Waals surface area (Å²) in [7, 11) is 0. The molecule has 2 atom stereocenters. The van der Waals surface area contributed by atoms with Crippen LogP contribution in [-0.4, -0.2) is 89.2 Å². The normalized spacial score (nSPS) is 13.3. The number of hydrogen-bond acceptors (Lipinski definition) is 10. The fourth-order valence-corrected chi connectivity index (χ4v) is 7.67. The molecule has 0 radical (unpaired) electrons. The molecule has 5 aromatic rings. The number of amides is 5. The van der Waals surface area contributed by atoms with Gasteiger partial charge in [0, 0.05) is 68.9 Å². The van der Waals surface area contributed by atoms with E-state index in [1.807, 2.05) is 6.07 Å². The van der Waals surface area contributed by atoms with Crippen LogP contribution in [0.5, 0.6) is 0 Å². The molecule has 6 N–H and O–H groups in total. The number of ketones is 1. The largest absolute Gasteiger partial charge is 0.477 e. The summed E-state index contributed by atoms with van der Waals surface area (Å²) < 4.78 is 42.0. The summed E-state index contributed by atoms with van der Waals surface area (Å²) in [5.74, 6) is -4.57. The van der Waals surface area contributed by atoms with E-state index < -0.39 is 70.5 Å². The van der Waals surface area contributed by atoms with Crippen molar-refractivity contribution in [2.24, 2.45) is 11.7 Å². The second-order valence-electron chi connectivity index (χ2n) is 15.9. The zero-order chi connectivity index (χ0) is 48.0. The van der Waals surface area contributed by atoms with E-state index in [0.29, 0.717) is 28.9 Å². The van der Waals surface area contributed by atoms with Crippen molar-refractivity contribution in [2.45, 2.75) is 58.4 Å². The van der Waals surface area contributed by atoms with Crippen molar-refractivity contribution in [1.82, 2.24) is 20.1 Å². The van der Waals surface area contributed by atoms with Crippen molar-refractivity contribution in [3.05, 3.63) is 141 Å². The molecule has 1 aliphatic heterocycles. The van der Waals surface area contributed by atoms with Gasteiger partial charge in [0.15, 0.2) is 5.78 Å². The number of Topliss-reactive ketones (excluding diaryl/α,β-unsaturated/α-hetero) is 1. The Balaban J connectivity index is 1.04. The van der Waals surface area contributed by atoms with E-state index in [1.165, 1.54) is 35.4 Å². The van der Waals surface area contributed by atoms with Gasteiger partial charge in [0.1, 0.15) is 30.4 Å². The molecule has 19 heteroatoms. The topological polar surface area (TPSA) is 232 Å². The third kappa shape index (κ3) is 13.4.